The molecule has 578 valence electrons. The van der Waals surface area contributed by atoms with E-state index in [-0.39, 0.29) is 88.3 Å². The summed E-state index contributed by atoms with van der Waals surface area (Å²) in [6, 6.07) is 0. The largest absolute Gasteiger partial charge is 2.00 e. The zero-order valence-electron chi connectivity index (χ0n) is 66.4. The van der Waals surface area contributed by atoms with Crippen molar-refractivity contribution in [2.24, 2.45) is 0 Å². The molecule has 3 N–H and O–H groups in total. The average molecular weight is 1620 g/mol. The van der Waals surface area contributed by atoms with Gasteiger partial charge in [0.2, 0.25) is 0 Å². The molecule has 4 rings (SSSR count). The topological polar surface area (TPSA) is 160 Å². The number of ether oxygens (including phenoxy) is 4. The summed E-state index contributed by atoms with van der Waals surface area (Å²) in [7, 11) is -6.44. The molecule has 21 heteroatoms. The molecule has 5 unspecified atom stereocenters. The van der Waals surface area contributed by atoms with Crippen LogP contribution in [-0.4, -0.2) is 173 Å². The minimum atomic E-state index is -1.64. The Labute approximate surface area is 655 Å². The van der Waals surface area contributed by atoms with Crippen LogP contribution in [0.25, 0.3) is 0 Å². The van der Waals surface area contributed by atoms with Gasteiger partial charge >= 0.3 is 23.1 Å². The van der Waals surface area contributed by atoms with E-state index in [4.69, 9.17) is 48.9 Å². The number of imidazole rings is 1. The monoisotopic (exact) mass is 1620 g/mol. The molecular formula is C78H152Br2MgN2O11SSi4. The fourth-order valence-electron chi connectivity index (χ4n) is 7.06. The molecule has 3 aliphatic heterocycles. The molecule has 0 radical (unpaired) electrons. The predicted octanol–water partition coefficient (Wildman–Crippen LogP) is 19.5. The van der Waals surface area contributed by atoms with Crippen LogP contribution in [0.3, 0.4) is 0 Å². The van der Waals surface area contributed by atoms with Crippen molar-refractivity contribution in [2.75, 3.05) is 58.2 Å². The van der Waals surface area contributed by atoms with E-state index in [0.29, 0.717) is 74.1 Å². The van der Waals surface area contributed by atoms with Gasteiger partial charge in [0.05, 0.1) is 56.9 Å². The number of aromatic amines is 2. The number of nitrogens with one attached hydrogen (secondary N) is 2. The van der Waals surface area contributed by atoms with Crippen molar-refractivity contribution in [3.05, 3.63) is 121 Å². The van der Waals surface area contributed by atoms with Crippen LogP contribution < -0.4 is 17.0 Å². The number of hydrogen-bond donors (Lipinski definition) is 3. The number of allylic oxidation sites excluding steroid dienone is 2. The maximum atomic E-state index is 10.1. The smallest absolute Gasteiger partial charge is 1.00 e. The van der Waals surface area contributed by atoms with E-state index in [1.54, 1.807) is 6.08 Å². The van der Waals surface area contributed by atoms with Crippen LogP contribution in [0.4, 0.5) is 0 Å². The number of carbonyl (C=O) groups is 2. The summed E-state index contributed by atoms with van der Waals surface area (Å²) in [5.74, 6) is 0. The Morgan fingerprint density at radius 3 is 1.32 bits per heavy atom. The molecule has 0 amide bonds. The van der Waals surface area contributed by atoms with Crippen LogP contribution in [0, 0.1) is 11.7 Å². The van der Waals surface area contributed by atoms with E-state index in [9.17, 15) is 14.7 Å². The van der Waals surface area contributed by atoms with Gasteiger partial charge in [-0.05, 0) is 171 Å². The van der Waals surface area contributed by atoms with Crippen LogP contribution in [0.15, 0.2) is 103 Å². The Bertz CT molecular complexity index is 2440. The number of H-pyrrole nitrogens is 2. The van der Waals surface area contributed by atoms with Gasteiger partial charge in [-0.2, -0.15) is 0 Å². The van der Waals surface area contributed by atoms with Crippen molar-refractivity contribution in [1.82, 2.24) is 9.97 Å². The second-order valence-electron chi connectivity index (χ2n) is 31.3. The normalized spacial score (nSPS) is 16.7. The molecule has 0 bridgehead atoms. The Morgan fingerprint density at radius 1 is 0.646 bits per heavy atom. The average Bonchev–Trinajstić information content (AvgIpc) is 1.41. The van der Waals surface area contributed by atoms with Gasteiger partial charge in [-0.3, -0.25) is 0 Å². The minimum Gasteiger partial charge on any atom is -1.00 e. The third-order valence-electron chi connectivity index (χ3n) is 17.6. The molecule has 0 saturated heterocycles. The zero-order chi connectivity index (χ0) is 74.5. The van der Waals surface area contributed by atoms with Crippen LogP contribution in [0.2, 0.25) is 72.5 Å². The van der Waals surface area contributed by atoms with Gasteiger partial charge in [0.25, 0.3) is 0 Å². The molecule has 5 atom stereocenters. The van der Waals surface area contributed by atoms with Gasteiger partial charge in [0, 0.05) is 62.9 Å². The molecule has 0 fully saturated rings. The van der Waals surface area contributed by atoms with Gasteiger partial charge in [0.1, 0.15) is 12.6 Å². The first kappa shape index (κ1) is 114. The molecule has 99 heavy (non-hydrogen) atoms. The van der Waals surface area contributed by atoms with Crippen LogP contribution >= 0.6 is 28.1 Å². The van der Waals surface area contributed by atoms with E-state index < -0.39 is 33.3 Å². The van der Waals surface area contributed by atoms with E-state index >= 15 is 0 Å². The number of carbonyl (C=O) groups excluding carboxylic acids is 2. The second-order valence-corrected chi connectivity index (χ2v) is 51.5. The number of aldehydes is 2. The number of aromatic nitrogens is 2. The molecule has 0 saturated carbocycles. The summed E-state index contributed by atoms with van der Waals surface area (Å²) in [6.45, 7) is 82.2. The van der Waals surface area contributed by atoms with Crippen molar-refractivity contribution >= 4 is 97.0 Å². The second kappa shape index (κ2) is 59.9. The van der Waals surface area contributed by atoms with Gasteiger partial charge in [-0.25, -0.2) is 19.6 Å². The Balaban J connectivity index is -0.000000163. The van der Waals surface area contributed by atoms with Crippen LogP contribution in [-0.2, 0) is 52.7 Å². The maximum absolute atomic E-state index is 10.1. The summed E-state index contributed by atoms with van der Waals surface area (Å²) in [5.41, 5.74) is 7.29. The number of alkyl halides is 1. The molecular weight excluding hydrogens is 1470 g/mol. The molecule has 3 aliphatic rings. The molecule has 13 nitrogen and oxygen atoms in total. The summed E-state index contributed by atoms with van der Waals surface area (Å²) in [5, 5.41) is 11.5. The Kier molecular flexibility index (Phi) is 68.7. The zero-order valence-corrected chi connectivity index (χ0v) is 75.8. The van der Waals surface area contributed by atoms with E-state index in [2.05, 4.69) is 233 Å². The number of halogens is 2. The third-order valence-corrected chi connectivity index (χ3v) is 36.9. The van der Waals surface area contributed by atoms with Gasteiger partial charge in [-0.15, -0.1) is 13.2 Å². The quantitative estimate of drug-likeness (QED) is 0.0139. The summed E-state index contributed by atoms with van der Waals surface area (Å²) in [6.07, 6.45) is 25.3. The van der Waals surface area contributed by atoms with Crippen molar-refractivity contribution in [3.8, 4) is 0 Å². The number of aliphatic hydroxyl groups excluding tert-OH is 1. The Hall–Kier alpha value is -1.21. The van der Waals surface area contributed by atoms with E-state index in [1.165, 1.54) is 28.4 Å². The van der Waals surface area contributed by atoms with E-state index in [0.717, 1.165) is 101 Å². The van der Waals surface area contributed by atoms with Crippen molar-refractivity contribution < 1.29 is 68.3 Å². The third kappa shape index (κ3) is 59.6. The van der Waals surface area contributed by atoms with Crippen LogP contribution in [0.5, 0.6) is 0 Å². The number of aliphatic hydroxyl groups is 1. The Morgan fingerprint density at radius 2 is 1.01 bits per heavy atom. The van der Waals surface area contributed by atoms with Crippen molar-refractivity contribution in [1.29, 1.82) is 0 Å². The SMILES string of the molecule is C.C.C=C(C)CBr.C=CCC(CCO[Si](C)(C)C(C)(C)C)OCC(=C)C.C=CCC(O)CCO[Si](C)(C)C(C)(C)C.C=C[CH2-].CC(C)(C)[Si](C)(C)OCCC=O.CC1=CCC(CC=O)OC1.CC1=CCC(CCO[Si](C)(C)C(C)(C)C)OC1.CC1=CCC(Cc2c[nH]c(=S)[nH]2)OC1.[Br-].[Mg+2]. The fourth-order valence-corrected chi connectivity index (χ4v) is 11.5. The first-order chi connectivity index (χ1) is 43.6. The van der Waals surface area contributed by atoms with Crippen molar-refractivity contribution in [3.63, 3.8) is 0 Å². The van der Waals surface area contributed by atoms with Crippen molar-refractivity contribution in [2.45, 2.75) is 306 Å². The van der Waals surface area contributed by atoms with Crippen LogP contribution in [0.1, 0.15) is 202 Å². The number of hydrogen-bond acceptors (Lipinski definition) is 12. The molecule has 1 aromatic rings. The standard InChI is InChI=1S/C16H32O2Si.C14H28O2Si.C12H26O2Si.C10H14N2OS.C9H20O2Si.C8H12O2.C4H7Br.C3H5.2CH4.BrH.Mg/c1-9-10-15(17-13-14(2)3)11-12-18-19(7,8)16(4,5)6;1-12-7-8-13(15-11-12)9-10-16-17(5,6)14(2,3)4;1-7-8-11(13)9-10-14-15(5,6)12(2,3)4;1-7-2-3-9(13-6-7)4-8-5-11-10(14)12-8;1-9(2,3)12(4,5)11-8-6-7-10;1-7-2-3-8(4-5-9)10-6-7;1-4(2)3-5;1-3-2;;;;/h9,15H,1-2,10-13H2,3-8H3;7,13H,8-11H2,1-6H3;7,11,13H,1,8-10H2,2-6H3;2,5,9H,3-4,6H2,1H3,(H2,11,12,14);7H,6,8H2,1-5H3;2,5,8H,3-4,6H2,1H3;1,3H2,2H3;3H,1-2H2;2*1H4;1H;/q;;;;;;;-1;;;;+2/p-1. The van der Waals surface area contributed by atoms with Gasteiger partial charge < -0.3 is 78.3 Å². The minimum absolute atomic E-state index is 0. The summed E-state index contributed by atoms with van der Waals surface area (Å²) in [4.78, 5) is 26.2. The van der Waals surface area contributed by atoms with Gasteiger partial charge in [-0.1, -0.05) is 185 Å². The predicted molar refractivity (Wildman–Crippen MR) is 445 cm³/mol. The number of rotatable bonds is 28. The van der Waals surface area contributed by atoms with E-state index in [1.807, 2.05) is 33.0 Å². The fraction of sp³-hybridized carbons (Fsp3) is 0.718. The maximum Gasteiger partial charge on any atom is 2.00 e. The molecule has 0 spiro atoms. The molecule has 0 aliphatic carbocycles. The molecule has 0 aromatic carbocycles. The van der Waals surface area contributed by atoms with Gasteiger partial charge in [0.15, 0.2) is 38.0 Å². The molecule has 1 aromatic heterocycles. The summed E-state index contributed by atoms with van der Waals surface area (Å²) < 4.78 is 47.3. The summed E-state index contributed by atoms with van der Waals surface area (Å²) >= 11 is 8.17. The molecule has 4 heterocycles. The first-order valence-electron chi connectivity index (χ1n) is 34.4. The first-order valence-corrected chi connectivity index (χ1v) is 47.5.